The van der Waals surface area contributed by atoms with Crippen molar-refractivity contribution in [2.75, 3.05) is 62.6 Å². The highest BCUT2D eigenvalue weighted by molar-refractivity contribution is 5.95. The largest absolute Gasteiger partial charge is 0.450 e. The number of hydrogen-bond acceptors (Lipinski definition) is 9. The molecule has 250 valence electrons. The van der Waals surface area contributed by atoms with Gasteiger partial charge in [-0.3, -0.25) is 19.8 Å². The number of ether oxygens (including phenoxy) is 1. The summed E-state index contributed by atoms with van der Waals surface area (Å²) < 4.78 is 49.3. The van der Waals surface area contributed by atoms with Gasteiger partial charge in [0.15, 0.2) is 11.6 Å². The standard InChI is InChI=1S/C31H36F3N9O4/c1-3-8-26(44)36-18-27(45)41-13-11-40(12-14-41)19-21-15-24-29(42-9-6-5-7-10-42)38-28(39-43(24)20-21)22-17-35-25(37-30(46)47-4-2)16-23(22)31(32,33)34/h15-17,20H,4-7,9-14,18-19H2,1-2H3,(H,36,44)(H,35,37,46). The van der Waals surface area contributed by atoms with E-state index in [1.807, 2.05) is 6.07 Å². The molecule has 2 aliphatic rings. The van der Waals surface area contributed by atoms with Gasteiger partial charge in [-0.2, -0.15) is 13.2 Å². The van der Waals surface area contributed by atoms with Gasteiger partial charge in [-0.1, -0.05) is 5.92 Å². The Bertz CT molecular complexity index is 1680. The molecule has 3 aromatic heterocycles. The van der Waals surface area contributed by atoms with Crippen molar-refractivity contribution >= 4 is 35.1 Å². The molecular formula is C31H36F3N9O4. The number of carbonyl (C=O) groups excluding carboxylic acids is 3. The highest BCUT2D eigenvalue weighted by Gasteiger charge is 2.36. The summed E-state index contributed by atoms with van der Waals surface area (Å²) in [4.78, 5) is 50.6. The van der Waals surface area contributed by atoms with E-state index in [2.05, 4.69) is 47.3 Å². The van der Waals surface area contributed by atoms with Gasteiger partial charge in [-0.05, 0) is 56.7 Å². The lowest BCUT2D eigenvalue weighted by Gasteiger charge is -2.34. The van der Waals surface area contributed by atoms with Crippen LogP contribution in [0.3, 0.4) is 0 Å². The van der Waals surface area contributed by atoms with Crippen LogP contribution in [0, 0.1) is 11.8 Å². The van der Waals surface area contributed by atoms with E-state index < -0.39 is 23.7 Å². The van der Waals surface area contributed by atoms with Crippen molar-refractivity contribution in [2.24, 2.45) is 0 Å². The Morgan fingerprint density at radius 2 is 1.79 bits per heavy atom. The molecule has 16 heteroatoms. The number of fused-ring (bicyclic) bond motifs is 1. The summed E-state index contributed by atoms with van der Waals surface area (Å²) >= 11 is 0. The number of aromatic nitrogens is 4. The summed E-state index contributed by atoms with van der Waals surface area (Å²) in [6.07, 6.45) is 0.0230. The number of nitrogens with zero attached hydrogens (tertiary/aromatic N) is 7. The van der Waals surface area contributed by atoms with E-state index >= 15 is 0 Å². The molecular weight excluding hydrogens is 619 g/mol. The molecule has 0 radical (unpaired) electrons. The summed E-state index contributed by atoms with van der Waals surface area (Å²) in [6.45, 7) is 7.18. The maximum Gasteiger partial charge on any atom is 0.417 e. The summed E-state index contributed by atoms with van der Waals surface area (Å²) in [5.74, 6) is 4.24. The van der Waals surface area contributed by atoms with Crippen molar-refractivity contribution in [1.82, 2.24) is 34.7 Å². The predicted octanol–water partition coefficient (Wildman–Crippen LogP) is 3.15. The number of hydrogen-bond donors (Lipinski definition) is 2. The molecule has 2 N–H and O–H groups in total. The first-order valence-corrected chi connectivity index (χ1v) is 15.4. The number of piperazine rings is 1. The summed E-state index contributed by atoms with van der Waals surface area (Å²) in [5.41, 5.74) is 0.206. The van der Waals surface area contributed by atoms with E-state index in [-0.39, 0.29) is 36.3 Å². The van der Waals surface area contributed by atoms with E-state index in [1.54, 1.807) is 29.5 Å². The molecule has 2 fully saturated rings. The first kappa shape index (κ1) is 33.5. The van der Waals surface area contributed by atoms with Crippen molar-refractivity contribution < 1.29 is 32.3 Å². The second-order valence-electron chi connectivity index (χ2n) is 11.2. The van der Waals surface area contributed by atoms with Crippen LogP contribution in [0.25, 0.3) is 16.9 Å². The second-order valence-corrected chi connectivity index (χ2v) is 11.2. The van der Waals surface area contributed by atoms with Crippen molar-refractivity contribution in [1.29, 1.82) is 0 Å². The number of alkyl halides is 3. The predicted molar refractivity (Wildman–Crippen MR) is 166 cm³/mol. The third-order valence-electron chi connectivity index (χ3n) is 7.88. The molecule has 3 aromatic rings. The number of halogens is 3. The average molecular weight is 656 g/mol. The lowest BCUT2D eigenvalue weighted by Crippen LogP contribution is -2.50. The molecule has 2 aliphatic heterocycles. The summed E-state index contributed by atoms with van der Waals surface area (Å²) in [5, 5.41) is 9.22. The lowest BCUT2D eigenvalue weighted by molar-refractivity contribution is -0.137. The third kappa shape index (κ3) is 8.28. The molecule has 47 heavy (non-hydrogen) atoms. The van der Waals surface area contributed by atoms with E-state index in [0.29, 0.717) is 57.1 Å². The Balaban J connectivity index is 1.39. The average Bonchev–Trinajstić information content (AvgIpc) is 3.46. The maximum absolute atomic E-state index is 14.3. The van der Waals surface area contributed by atoms with Crippen molar-refractivity contribution in [2.45, 2.75) is 45.8 Å². The smallest absolute Gasteiger partial charge is 0.417 e. The van der Waals surface area contributed by atoms with Crippen LogP contribution >= 0.6 is 0 Å². The van der Waals surface area contributed by atoms with Crippen LogP contribution in [0.15, 0.2) is 24.5 Å². The van der Waals surface area contributed by atoms with E-state index in [1.165, 1.54) is 0 Å². The van der Waals surface area contributed by atoms with Gasteiger partial charge in [-0.15, -0.1) is 5.10 Å². The highest BCUT2D eigenvalue weighted by atomic mass is 19.4. The summed E-state index contributed by atoms with van der Waals surface area (Å²) in [6, 6.07) is 2.70. The third-order valence-corrected chi connectivity index (χ3v) is 7.88. The zero-order valence-electron chi connectivity index (χ0n) is 26.2. The topological polar surface area (TPSA) is 137 Å². The van der Waals surface area contributed by atoms with E-state index in [4.69, 9.17) is 4.74 Å². The number of amides is 3. The van der Waals surface area contributed by atoms with Crippen molar-refractivity contribution in [3.63, 3.8) is 0 Å². The molecule has 0 aliphatic carbocycles. The SMILES string of the molecule is CC#CC(=O)NCC(=O)N1CCN(Cc2cc3c(N4CCCCC4)nc(-c4cnc(NC(=O)OCC)cc4C(F)(F)F)nn3c2)CC1. The molecule has 5 heterocycles. The normalized spacial score (nSPS) is 15.6. The van der Waals surface area contributed by atoms with Crippen LogP contribution in [-0.4, -0.2) is 99.7 Å². The number of anilines is 2. The van der Waals surface area contributed by atoms with Crippen molar-refractivity contribution in [3.05, 3.63) is 35.7 Å². The van der Waals surface area contributed by atoms with E-state index in [0.717, 1.165) is 37.1 Å². The number of rotatable bonds is 8. The zero-order valence-corrected chi connectivity index (χ0v) is 26.2. The number of carbonyl (C=O) groups is 3. The lowest BCUT2D eigenvalue weighted by atomic mass is 10.1. The Morgan fingerprint density at radius 3 is 2.47 bits per heavy atom. The van der Waals surface area contributed by atoms with Gasteiger partial charge in [0.05, 0.1) is 24.3 Å². The molecule has 13 nitrogen and oxygen atoms in total. The minimum absolute atomic E-state index is 0.0499. The van der Waals surface area contributed by atoms with Crippen molar-refractivity contribution in [3.8, 4) is 23.2 Å². The van der Waals surface area contributed by atoms with Gasteiger partial charge in [-0.25, -0.2) is 19.3 Å². The maximum atomic E-state index is 14.3. The van der Waals surface area contributed by atoms with Crippen LogP contribution in [0.2, 0.25) is 0 Å². The first-order chi connectivity index (χ1) is 22.5. The molecule has 0 atom stereocenters. The van der Waals surface area contributed by atoms with Gasteiger partial charge in [0.2, 0.25) is 5.91 Å². The highest BCUT2D eigenvalue weighted by Crippen LogP contribution is 2.38. The van der Waals surface area contributed by atoms with Crippen LogP contribution in [-0.2, 0) is 27.0 Å². The molecule has 0 aromatic carbocycles. The van der Waals surface area contributed by atoms with E-state index in [9.17, 15) is 27.6 Å². The fraction of sp³-hybridized carbons (Fsp3) is 0.484. The first-order valence-electron chi connectivity index (χ1n) is 15.4. The minimum atomic E-state index is -4.78. The molecule has 3 amide bonds. The van der Waals surface area contributed by atoms with Crippen LogP contribution < -0.4 is 15.5 Å². The number of piperidine rings is 1. The molecule has 0 saturated carbocycles. The molecule has 0 unspecified atom stereocenters. The van der Waals surface area contributed by atoms with Crippen LogP contribution in [0.1, 0.15) is 44.2 Å². The van der Waals surface area contributed by atoms with Gasteiger partial charge in [0.1, 0.15) is 11.3 Å². The molecule has 2 saturated heterocycles. The summed E-state index contributed by atoms with van der Waals surface area (Å²) in [7, 11) is 0. The fourth-order valence-corrected chi connectivity index (χ4v) is 5.62. The molecule has 5 rings (SSSR count). The Labute approximate surface area is 269 Å². The quantitative estimate of drug-likeness (QED) is 0.351. The number of nitrogens with one attached hydrogen (secondary N) is 2. The van der Waals surface area contributed by atoms with Crippen LogP contribution in [0.4, 0.5) is 29.6 Å². The minimum Gasteiger partial charge on any atom is -0.450 e. The van der Waals surface area contributed by atoms with Crippen LogP contribution in [0.5, 0.6) is 0 Å². The fourth-order valence-electron chi connectivity index (χ4n) is 5.62. The Kier molecular flexibility index (Phi) is 10.4. The monoisotopic (exact) mass is 655 g/mol. The molecule has 0 spiro atoms. The van der Waals surface area contributed by atoms with Gasteiger partial charge in [0.25, 0.3) is 5.91 Å². The number of pyridine rings is 1. The Hall–Kier alpha value is -4.91. The van der Waals surface area contributed by atoms with Gasteiger partial charge < -0.3 is 19.9 Å². The Morgan fingerprint density at radius 1 is 1.04 bits per heavy atom. The zero-order chi connectivity index (χ0) is 33.6. The van der Waals surface area contributed by atoms with Gasteiger partial charge in [0, 0.05) is 58.2 Å². The van der Waals surface area contributed by atoms with Gasteiger partial charge >= 0.3 is 12.3 Å². The molecule has 0 bridgehead atoms. The second kappa shape index (κ2) is 14.7.